The van der Waals surface area contributed by atoms with E-state index in [0.29, 0.717) is 0 Å². The van der Waals surface area contributed by atoms with E-state index in [2.05, 4.69) is 52.8 Å². The van der Waals surface area contributed by atoms with Crippen LogP contribution in [0, 0.1) is 39.4 Å². The maximum atomic E-state index is 13.1. The van der Waals surface area contributed by atoms with Gasteiger partial charge in [-0.15, -0.1) is 0 Å². The van der Waals surface area contributed by atoms with Crippen LogP contribution in [0.5, 0.6) is 0 Å². The quantitative estimate of drug-likeness (QED) is 0.343. The molecule has 3 fully saturated rings. The Bertz CT molecular complexity index is 1060. The fraction of sp³-hybridized carbons (Fsp3) is 0.655. The van der Waals surface area contributed by atoms with Gasteiger partial charge in [-0.3, -0.25) is 9.59 Å². The van der Waals surface area contributed by atoms with E-state index in [1.165, 1.54) is 11.1 Å². The Morgan fingerprint density at radius 2 is 1.76 bits per heavy atom. The van der Waals surface area contributed by atoms with Crippen molar-refractivity contribution in [3.05, 3.63) is 46.6 Å². The highest BCUT2D eigenvalue weighted by Gasteiger charge is 2.75. The number of esters is 1. The minimum atomic E-state index is -1.16. The number of rotatable bonds is 4. The summed E-state index contributed by atoms with van der Waals surface area (Å²) in [5, 5.41) is 11.6. The molecule has 3 aliphatic carbocycles. The number of hydrogen-bond acceptors (Lipinski definition) is 4. The highest BCUT2D eigenvalue weighted by molar-refractivity contribution is 6.10. The van der Waals surface area contributed by atoms with E-state index in [9.17, 15) is 14.7 Å². The van der Waals surface area contributed by atoms with Crippen molar-refractivity contribution in [2.24, 2.45) is 39.4 Å². The lowest BCUT2D eigenvalue weighted by atomic mass is 9.34. The highest BCUT2D eigenvalue weighted by Crippen LogP contribution is 2.73. The Morgan fingerprint density at radius 3 is 2.30 bits per heavy atom. The number of Topliss-reactive ketones (excluding diaryl/α,β-unsaturated/α-hetero) is 1. The summed E-state index contributed by atoms with van der Waals surface area (Å²) in [6.07, 6.45) is 7.71. The summed E-state index contributed by atoms with van der Waals surface area (Å²) in [6.45, 7) is 20.5. The molecule has 1 N–H and O–H groups in total. The molecule has 9 unspecified atom stereocenters. The van der Waals surface area contributed by atoms with Crippen LogP contribution >= 0.6 is 0 Å². The molecule has 1 saturated heterocycles. The Kier molecular flexibility index (Phi) is 5.16. The number of aliphatic hydroxyl groups is 1. The third-order valence-corrected chi connectivity index (χ3v) is 10.1. The molecule has 4 heteroatoms. The van der Waals surface area contributed by atoms with Crippen molar-refractivity contribution >= 4 is 11.8 Å². The molecule has 2 bridgehead atoms. The average molecular weight is 453 g/mol. The molecule has 9 atom stereocenters. The van der Waals surface area contributed by atoms with Gasteiger partial charge in [-0.25, -0.2) is 0 Å². The zero-order valence-corrected chi connectivity index (χ0v) is 21.9. The Morgan fingerprint density at radius 1 is 1.15 bits per heavy atom. The van der Waals surface area contributed by atoms with Crippen LogP contribution in [-0.4, -0.2) is 29.1 Å². The topological polar surface area (TPSA) is 63.6 Å². The highest BCUT2D eigenvalue weighted by atomic mass is 16.6. The van der Waals surface area contributed by atoms with Gasteiger partial charge in [0.05, 0.1) is 12.0 Å². The lowest BCUT2D eigenvalue weighted by Gasteiger charge is -2.69. The fourth-order valence-electron chi connectivity index (χ4n) is 8.87. The molecule has 0 amide bonds. The summed E-state index contributed by atoms with van der Waals surface area (Å²) in [4.78, 5) is 25.9. The molecule has 0 spiro atoms. The second kappa shape index (κ2) is 7.04. The fourth-order valence-corrected chi connectivity index (χ4v) is 8.87. The first-order valence-electron chi connectivity index (χ1n) is 12.3. The van der Waals surface area contributed by atoms with Gasteiger partial charge >= 0.3 is 5.97 Å². The SMILES string of the molecule is CC=C(C)C(O)C1(C)C2C(C)=CC(C)=CC2(C)C1C(C)=CC1(C)C2OC(=O)C1(C)C(=O)C2C. The van der Waals surface area contributed by atoms with Gasteiger partial charge in [0.2, 0.25) is 0 Å². The molecule has 33 heavy (non-hydrogen) atoms. The van der Waals surface area contributed by atoms with E-state index in [4.69, 9.17) is 4.74 Å². The van der Waals surface area contributed by atoms with E-state index >= 15 is 0 Å². The van der Waals surface area contributed by atoms with Crippen LogP contribution in [0.15, 0.2) is 46.6 Å². The first-order valence-corrected chi connectivity index (χ1v) is 12.3. The van der Waals surface area contributed by atoms with Gasteiger partial charge < -0.3 is 9.84 Å². The molecule has 4 rings (SSSR count). The molecule has 4 aliphatic rings. The normalized spacial score (nSPS) is 48.1. The molecule has 1 heterocycles. The van der Waals surface area contributed by atoms with Gasteiger partial charge in [-0.1, -0.05) is 68.7 Å². The summed E-state index contributed by atoms with van der Waals surface area (Å²) in [6, 6.07) is 0. The number of carbonyl (C=O) groups excluding carboxylic acids is 2. The predicted molar refractivity (Wildman–Crippen MR) is 130 cm³/mol. The molecule has 0 aromatic rings. The van der Waals surface area contributed by atoms with Crippen LogP contribution in [0.3, 0.4) is 0 Å². The first kappa shape index (κ1) is 24.2. The Labute approximate surface area is 198 Å². The van der Waals surface area contributed by atoms with Crippen molar-refractivity contribution < 1.29 is 19.4 Å². The number of ether oxygens (including phenoxy) is 1. The molecule has 0 radical (unpaired) electrons. The molecule has 0 aromatic carbocycles. The first-order chi connectivity index (χ1) is 15.1. The second-order valence-electron chi connectivity index (χ2n) is 12.1. The summed E-state index contributed by atoms with van der Waals surface area (Å²) in [5.41, 5.74) is 2.21. The average Bonchev–Trinajstić information content (AvgIpc) is 2.97. The van der Waals surface area contributed by atoms with Crippen molar-refractivity contribution in [3.8, 4) is 0 Å². The standard InChI is InChI=1S/C29H40O4/c1-11-16(3)22(30)28(9)20-17(4)12-15(2)13-26(20,7)21(28)18(5)14-27(8)24-19(6)23(31)29(27,10)25(32)33-24/h11-14,19-22,24,30H,1-10H3. The summed E-state index contributed by atoms with van der Waals surface area (Å²) in [7, 11) is 0. The van der Waals surface area contributed by atoms with Crippen molar-refractivity contribution in [3.63, 3.8) is 0 Å². The molecular formula is C29H40O4. The lowest BCUT2D eigenvalue weighted by Crippen LogP contribution is -2.67. The van der Waals surface area contributed by atoms with Crippen LogP contribution in [-0.2, 0) is 14.3 Å². The van der Waals surface area contributed by atoms with E-state index in [0.717, 1.165) is 11.1 Å². The van der Waals surface area contributed by atoms with Gasteiger partial charge in [0, 0.05) is 16.2 Å². The number of aliphatic hydroxyl groups excluding tert-OH is 1. The van der Waals surface area contributed by atoms with E-state index in [1.54, 1.807) is 6.92 Å². The third kappa shape index (κ3) is 2.62. The number of ketones is 1. The van der Waals surface area contributed by atoms with E-state index in [-0.39, 0.29) is 29.0 Å². The van der Waals surface area contributed by atoms with Crippen LogP contribution < -0.4 is 0 Å². The van der Waals surface area contributed by atoms with Gasteiger partial charge in [0.1, 0.15) is 11.5 Å². The molecule has 2 saturated carbocycles. The monoisotopic (exact) mass is 452 g/mol. The minimum absolute atomic E-state index is 0.0206. The zero-order valence-electron chi connectivity index (χ0n) is 21.9. The van der Waals surface area contributed by atoms with Crippen molar-refractivity contribution in [2.45, 2.75) is 81.4 Å². The lowest BCUT2D eigenvalue weighted by molar-refractivity contribution is -0.169. The van der Waals surface area contributed by atoms with Crippen molar-refractivity contribution in [1.82, 2.24) is 0 Å². The molecular weight excluding hydrogens is 412 g/mol. The second-order valence-corrected chi connectivity index (χ2v) is 12.1. The van der Waals surface area contributed by atoms with Crippen LogP contribution in [0.25, 0.3) is 0 Å². The molecule has 1 aliphatic heterocycles. The number of carbonyl (C=O) groups is 2. The largest absolute Gasteiger partial charge is 0.460 e. The predicted octanol–water partition coefficient (Wildman–Crippen LogP) is 5.58. The smallest absolute Gasteiger partial charge is 0.320 e. The maximum Gasteiger partial charge on any atom is 0.320 e. The van der Waals surface area contributed by atoms with Crippen LogP contribution in [0.4, 0.5) is 0 Å². The van der Waals surface area contributed by atoms with Crippen molar-refractivity contribution in [1.29, 1.82) is 0 Å². The van der Waals surface area contributed by atoms with Gasteiger partial charge in [-0.2, -0.15) is 0 Å². The molecule has 180 valence electrons. The summed E-state index contributed by atoms with van der Waals surface area (Å²) in [5.74, 6) is -0.475. The number of hydrogen-bond donors (Lipinski definition) is 1. The summed E-state index contributed by atoms with van der Waals surface area (Å²) >= 11 is 0. The van der Waals surface area contributed by atoms with Gasteiger partial charge in [-0.05, 0) is 59.0 Å². The van der Waals surface area contributed by atoms with Crippen molar-refractivity contribution in [2.75, 3.05) is 0 Å². The summed E-state index contributed by atoms with van der Waals surface area (Å²) < 4.78 is 5.73. The molecule has 0 aromatic heterocycles. The van der Waals surface area contributed by atoms with E-state index in [1.807, 2.05) is 33.8 Å². The Balaban J connectivity index is 1.87. The molecule has 4 nitrogen and oxygen atoms in total. The van der Waals surface area contributed by atoms with Gasteiger partial charge in [0.25, 0.3) is 0 Å². The van der Waals surface area contributed by atoms with Gasteiger partial charge in [0.15, 0.2) is 5.78 Å². The Hall–Kier alpha value is -1.94. The maximum absolute atomic E-state index is 13.1. The third-order valence-electron chi connectivity index (χ3n) is 10.1. The number of fused-ring (bicyclic) bond motifs is 3. The number of allylic oxidation sites excluding steroid dienone is 6. The van der Waals surface area contributed by atoms with Crippen LogP contribution in [0.1, 0.15) is 69.2 Å². The zero-order chi connectivity index (χ0) is 24.9. The minimum Gasteiger partial charge on any atom is -0.460 e. The van der Waals surface area contributed by atoms with Crippen LogP contribution in [0.2, 0.25) is 0 Å². The van der Waals surface area contributed by atoms with E-state index < -0.39 is 34.4 Å².